The monoisotopic (exact) mass is 393 g/mol. The first-order valence-corrected chi connectivity index (χ1v) is 9.59. The van der Waals surface area contributed by atoms with Crippen molar-refractivity contribution >= 4 is 28.7 Å². The summed E-state index contributed by atoms with van der Waals surface area (Å²) in [6.45, 7) is 6.17. The molecule has 7 nitrogen and oxygen atoms in total. The average molecular weight is 393 g/mol. The molecule has 2 N–H and O–H groups in total. The van der Waals surface area contributed by atoms with Crippen LogP contribution in [-0.4, -0.2) is 39.5 Å². The van der Waals surface area contributed by atoms with Crippen LogP contribution in [0, 0.1) is 6.92 Å². The second-order valence-corrected chi connectivity index (χ2v) is 7.57. The van der Waals surface area contributed by atoms with Gasteiger partial charge < -0.3 is 20.1 Å². The zero-order valence-electron chi connectivity index (χ0n) is 17.5. The quantitative estimate of drug-likeness (QED) is 0.694. The Morgan fingerprint density at radius 1 is 1.17 bits per heavy atom. The maximum absolute atomic E-state index is 12.5. The third-order valence-corrected chi connectivity index (χ3v) is 4.65. The predicted octanol–water partition coefficient (Wildman–Crippen LogP) is 3.68. The van der Waals surface area contributed by atoms with Gasteiger partial charge in [0.25, 0.3) is 5.91 Å². The smallest absolute Gasteiger partial charge is 0.321 e. The normalized spacial score (nSPS) is 11.0. The van der Waals surface area contributed by atoms with Crippen molar-refractivity contribution in [1.82, 2.24) is 19.8 Å². The Balaban J connectivity index is 1.76. The lowest BCUT2D eigenvalue weighted by Crippen LogP contribution is -2.31. The maximum Gasteiger partial charge on any atom is 0.321 e. The molecule has 152 valence electrons. The van der Waals surface area contributed by atoms with Gasteiger partial charge in [-0.3, -0.25) is 4.79 Å². The van der Waals surface area contributed by atoms with Crippen LogP contribution in [0.25, 0.3) is 11.0 Å². The lowest BCUT2D eigenvalue weighted by molar-refractivity contribution is 0.0943. The van der Waals surface area contributed by atoms with E-state index in [2.05, 4.69) is 15.6 Å². The number of amides is 3. The van der Waals surface area contributed by atoms with Crippen LogP contribution in [0.5, 0.6) is 0 Å². The maximum atomic E-state index is 12.5. The molecule has 0 saturated carbocycles. The average Bonchev–Trinajstić information content (AvgIpc) is 2.96. The summed E-state index contributed by atoms with van der Waals surface area (Å²) < 4.78 is 1.94. The number of nitrogens with zero attached hydrogens (tertiary/aromatic N) is 3. The number of hydrogen-bond acceptors (Lipinski definition) is 3. The lowest BCUT2D eigenvalue weighted by Gasteiger charge is -2.18. The van der Waals surface area contributed by atoms with Crippen molar-refractivity contribution in [1.29, 1.82) is 0 Å². The van der Waals surface area contributed by atoms with Crippen LogP contribution in [0.2, 0.25) is 0 Å². The molecule has 0 bridgehead atoms. The molecular formula is C22H27N5O2. The standard InChI is InChI=1S/C22H27N5O2/c1-14(2)23-21(28)16-9-10-19-18(12-16)25-20(27(19)5)13-26(4)22(29)24-17-8-6-7-15(3)11-17/h6-12,14H,13H2,1-5H3,(H,23,28)(H,24,29). The van der Waals surface area contributed by atoms with E-state index in [9.17, 15) is 9.59 Å². The zero-order valence-corrected chi connectivity index (χ0v) is 17.5. The third-order valence-electron chi connectivity index (χ3n) is 4.65. The van der Waals surface area contributed by atoms with E-state index in [1.165, 1.54) is 0 Å². The lowest BCUT2D eigenvalue weighted by atomic mass is 10.2. The summed E-state index contributed by atoms with van der Waals surface area (Å²) in [7, 11) is 3.64. The van der Waals surface area contributed by atoms with Gasteiger partial charge in [-0.1, -0.05) is 12.1 Å². The molecule has 0 unspecified atom stereocenters. The van der Waals surface area contributed by atoms with E-state index in [1.807, 2.05) is 62.7 Å². The molecule has 0 aliphatic rings. The number of rotatable bonds is 5. The molecule has 1 heterocycles. The Morgan fingerprint density at radius 3 is 2.62 bits per heavy atom. The van der Waals surface area contributed by atoms with Crippen molar-refractivity contribution in [2.45, 2.75) is 33.4 Å². The second kappa shape index (κ2) is 8.34. The molecule has 29 heavy (non-hydrogen) atoms. The van der Waals surface area contributed by atoms with Crippen molar-refractivity contribution < 1.29 is 9.59 Å². The molecule has 3 aromatic rings. The Bertz CT molecular complexity index is 1050. The van der Waals surface area contributed by atoms with Gasteiger partial charge >= 0.3 is 6.03 Å². The highest BCUT2D eigenvalue weighted by molar-refractivity contribution is 5.97. The number of aryl methyl sites for hydroxylation is 2. The number of carbonyl (C=O) groups excluding carboxylic acids is 2. The summed E-state index contributed by atoms with van der Waals surface area (Å²) in [5.41, 5.74) is 4.05. The summed E-state index contributed by atoms with van der Waals surface area (Å²) in [6, 6.07) is 13.0. The van der Waals surface area contributed by atoms with Crippen LogP contribution in [-0.2, 0) is 13.6 Å². The molecule has 7 heteroatoms. The van der Waals surface area contributed by atoms with E-state index in [0.29, 0.717) is 12.1 Å². The van der Waals surface area contributed by atoms with Gasteiger partial charge in [-0.15, -0.1) is 0 Å². The van der Waals surface area contributed by atoms with Crippen LogP contribution in [0.15, 0.2) is 42.5 Å². The van der Waals surface area contributed by atoms with Crippen LogP contribution in [0.1, 0.15) is 35.6 Å². The fourth-order valence-corrected chi connectivity index (χ4v) is 3.10. The summed E-state index contributed by atoms with van der Waals surface area (Å²) in [6.07, 6.45) is 0. The molecule has 0 atom stereocenters. The first-order valence-electron chi connectivity index (χ1n) is 9.59. The number of nitrogens with one attached hydrogen (secondary N) is 2. The first-order chi connectivity index (χ1) is 13.7. The van der Waals surface area contributed by atoms with E-state index in [-0.39, 0.29) is 18.0 Å². The third kappa shape index (κ3) is 4.74. The Labute approximate surface area is 170 Å². The minimum Gasteiger partial charge on any atom is -0.350 e. The number of hydrogen-bond donors (Lipinski definition) is 2. The van der Waals surface area contributed by atoms with Gasteiger partial charge in [-0.05, 0) is 56.7 Å². The number of imidazole rings is 1. The molecule has 0 aliphatic carbocycles. The number of carbonyl (C=O) groups is 2. The molecule has 3 rings (SSSR count). The molecule has 3 amide bonds. The molecule has 0 fully saturated rings. The molecule has 0 radical (unpaired) electrons. The second-order valence-electron chi connectivity index (χ2n) is 7.57. The van der Waals surface area contributed by atoms with Crippen LogP contribution < -0.4 is 10.6 Å². The topological polar surface area (TPSA) is 79.3 Å². The van der Waals surface area contributed by atoms with E-state index in [0.717, 1.165) is 28.1 Å². The van der Waals surface area contributed by atoms with E-state index >= 15 is 0 Å². The Morgan fingerprint density at radius 2 is 1.93 bits per heavy atom. The highest BCUT2D eigenvalue weighted by atomic mass is 16.2. The van der Waals surface area contributed by atoms with E-state index in [1.54, 1.807) is 24.1 Å². The van der Waals surface area contributed by atoms with Crippen molar-refractivity contribution in [3.63, 3.8) is 0 Å². The molecule has 0 saturated heterocycles. The number of urea groups is 1. The molecule has 2 aromatic carbocycles. The van der Waals surface area contributed by atoms with Gasteiger partial charge in [-0.2, -0.15) is 0 Å². The van der Waals surface area contributed by atoms with Crippen LogP contribution in [0.4, 0.5) is 10.5 Å². The SMILES string of the molecule is Cc1cccc(NC(=O)N(C)Cc2nc3cc(C(=O)NC(C)C)ccc3n2C)c1. The number of benzene rings is 2. The summed E-state index contributed by atoms with van der Waals surface area (Å²) in [4.78, 5) is 31.0. The number of aromatic nitrogens is 2. The van der Waals surface area contributed by atoms with E-state index < -0.39 is 0 Å². The highest BCUT2D eigenvalue weighted by Gasteiger charge is 2.16. The Kier molecular flexibility index (Phi) is 5.87. The minimum absolute atomic E-state index is 0.0676. The Hall–Kier alpha value is -3.35. The summed E-state index contributed by atoms with van der Waals surface area (Å²) in [5.74, 6) is 0.618. The largest absolute Gasteiger partial charge is 0.350 e. The first kappa shape index (κ1) is 20.4. The van der Waals surface area contributed by atoms with Gasteiger partial charge in [-0.25, -0.2) is 9.78 Å². The summed E-state index contributed by atoms with van der Waals surface area (Å²) >= 11 is 0. The number of fused-ring (bicyclic) bond motifs is 1. The molecule has 1 aromatic heterocycles. The van der Waals surface area contributed by atoms with Crippen molar-refractivity contribution in [3.8, 4) is 0 Å². The zero-order chi connectivity index (χ0) is 21.1. The number of anilines is 1. The van der Waals surface area contributed by atoms with Crippen LogP contribution in [0.3, 0.4) is 0 Å². The van der Waals surface area contributed by atoms with Crippen molar-refractivity contribution in [2.75, 3.05) is 12.4 Å². The van der Waals surface area contributed by atoms with Gasteiger partial charge in [0.2, 0.25) is 0 Å². The fraction of sp³-hybridized carbons (Fsp3) is 0.318. The molecule has 0 aliphatic heterocycles. The minimum atomic E-state index is -0.209. The predicted molar refractivity (Wildman–Crippen MR) is 115 cm³/mol. The van der Waals surface area contributed by atoms with Gasteiger partial charge in [0.05, 0.1) is 17.6 Å². The van der Waals surface area contributed by atoms with Gasteiger partial charge in [0, 0.05) is 31.4 Å². The highest BCUT2D eigenvalue weighted by Crippen LogP contribution is 2.18. The van der Waals surface area contributed by atoms with E-state index in [4.69, 9.17) is 0 Å². The fourth-order valence-electron chi connectivity index (χ4n) is 3.10. The molecule has 0 spiro atoms. The van der Waals surface area contributed by atoms with Gasteiger partial charge in [0.1, 0.15) is 5.82 Å². The van der Waals surface area contributed by atoms with Gasteiger partial charge in [0.15, 0.2) is 0 Å². The van der Waals surface area contributed by atoms with Crippen molar-refractivity contribution in [2.24, 2.45) is 7.05 Å². The van der Waals surface area contributed by atoms with Crippen molar-refractivity contribution in [3.05, 3.63) is 59.4 Å². The summed E-state index contributed by atoms with van der Waals surface area (Å²) in [5, 5.41) is 5.78. The van der Waals surface area contributed by atoms with Crippen LogP contribution >= 0.6 is 0 Å². The molecular weight excluding hydrogens is 366 g/mol.